The number of oxime groups is 1. The molecule has 0 aliphatic rings. The molecule has 0 spiro atoms. The van der Waals surface area contributed by atoms with Crippen LogP contribution in [-0.4, -0.2) is 35.9 Å². The maximum absolute atomic E-state index is 11.6. The van der Waals surface area contributed by atoms with Gasteiger partial charge in [-0.05, 0) is 0 Å². The van der Waals surface area contributed by atoms with E-state index in [-0.39, 0.29) is 17.0 Å². The van der Waals surface area contributed by atoms with Crippen LogP contribution in [0.1, 0.15) is 16.7 Å². The highest BCUT2D eigenvalue weighted by atomic mass is 16.6. The quantitative estimate of drug-likeness (QED) is 0.268. The van der Waals surface area contributed by atoms with Crippen LogP contribution in [0.15, 0.2) is 59.9 Å². The second-order valence-corrected chi connectivity index (χ2v) is 5.05. The molecule has 0 saturated heterocycles. The Hall–Kier alpha value is -3.68. The average Bonchev–Trinajstić information content (AvgIpc) is 2.64. The van der Waals surface area contributed by atoms with Crippen LogP contribution >= 0.6 is 0 Å². The first kappa shape index (κ1) is 18.7. The van der Waals surface area contributed by atoms with Gasteiger partial charge in [-0.2, -0.15) is 0 Å². The fourth-order valence-electron chi connectivity index (χ4n) is 2.39. The summed E-state index contributed by atoms with van der Waals surface area (Å²) in [6, 6.07) is 12.5. The lowest BCUT2D eigenvalue weighted by atomic mass is 9.93. The minimum absolute atomic E-state index is 0.0858. The first-order valence-corrected chi connectivity index (χ1v) is 7.41. The molecule has 2 aromatic rings. The molecule has 0 saturated carbocycles. The lowest BCUT2D eigenvalue weighted by Crippen LogP contribution is -2.11. The Morgan fingerprint density at radius 2 is 1.85 bits per heavy atom. The normalized spacial score (nSPS) is 11.8. The Morgan fingerprint density at radius 3 is 2.42 bits per heavy atom. The molecule has 0 fully saturated rings. The fraction of sp³-hybridized carbons (Fsp3) is 0.111. The molecule has 1 N–H and O–H groups in total. The van der Waals surface area contributed by atoms with Crippen LogP contribution in [0.5, 0.6) is 0 Å². The number of nitro groups is 1. The molecule has 0 radical (unpaired) electrons. The maximum atomic E-state index is 11.6. The highest BCUT2D eigenvalue weighted by Crippen LogP contribution is 2.25. The highest BCUT2D eigenvalue weighted by molar-refractivity contribution is 6.22. The number of rotatable bonds is 7. The van der Waals surface area contributed by atoms with Gasteiger partial charge in [-0.3, -0.25) is 10.1 Å². The van der Waals surface area contributed by atoms with Gasteiger partial charge in [0.05, 0.1) is 18.3 Å². The number of nitrogens with zero attached hydrogens (tertiary/aromatic N) is 2. The molecule has 2 rings (SSSR count). The average molecular weight is 356 g/mol. The van der Waals surface area contributed by atoms with Crippen LogP contribution in [0.25, 0.3) is 5.57 Å². The molecule has 8 nitrogen and oxygen atoms in total. The third-order valence-corrected chi connectivity index (χ3v) is 3.45. The molecule has 0 aliphatic heterocycles. The molecular weight excluding hydrogens is 340 g/mol. The van der Waals surface area contributed by atoms with E-state index in [1.165, 1.54) is 32.4 Å². The Bertz CT molecular complexity index is 889. The number of non-ortho nitro benzene ring substituents is 1. The number of methoxy groups -OCH3 is 1. The summed E-state index contributed by atoms with van der Waals surface area (Å²) in [7, 11) is 2.68. The Kier molecular flexibility index (Phi) is 6.05. The monoisotopic (exact) mass is 356 g/mol. The lowest BCUT2D eigenvalue weighted by molar-refractivity contribution is -0.384. The second kappa shape index (κ2) is 8.43. The number of benzene rings is 2. The number of aliphatic carboxylic acids is 1. The maximum Gasteiger partial charge on any atom is 0.339 e. The van der Waals surface area contributed by atoms with E-state index in [2.05, 4.69) is 5.16 Å². The molecule has 0 amide bonds. The topological polar surface area (TPSA) is 111 Å². The van der Waals surface area contributed by atoms with Crippen molar-refractivity contribution in [3.63, 3.8) is 0 Å². The van der Waals surface area contributed by atoms with E-state index in [1.807, 2.05) is 0 Å². The molecule has 0 aromatic heterocycles. The first-order chi connectivity index (χ1) is 12.5. The molecule has 0 bridgehead atoms. The van der Waals surface area contributed by atoms with Crippen molar-refractivity contribution in [1.29, 1.82) is 0 Å². The lowest BCUT2D eigenvalue weighted by Gasteiger charge is -2.12. The zero-order valence-corrected chi connectivity index (χ0v) is 14.1. The Morgan fingerprint density at radius 1 is 1.15 bits per heavy atom. The van der Waals surface area contributed by atoms with Gasteiger partial charge in [-0.1, -0.05) is 41.6 Å². The number of carboxylic acids is 1. The second-order valence-electron chi connectivity index (χ2n) is 5.05. The van der Waals surface area contributed by atoms with Gasteiger partial charge < -0.3 is 14.7 Å². The summed E-state index contributed by atoms with van der Waals surface area (Å²) in [4.78, 5) is 27.0. The van der Waals surface area contributed by atoms with Crippen molar-refractivity contribution in [1.82, 2.24) is 0 Å². The van der Waals surface area contributed by atoms with E-state index in [0.717, 1.165) is 6.26 Å². The van der Waals surface area contributed by atoms with Crippen molar-refractivity contribution in [2.75, 3.05) is 14.2 Å². The van der Waals surface area contributed by atoms with E-state index in [0.29, 0.717) is 16.7 Å². The van der Waals surface area contributed by atoms with Crippen LogP contribution in [0.3, 0.4) is 0 Å². The predicted molar refractivity (Wildman–Crippen MR) is 94.8 cm³/mol. The molecule has 0 unspecified atom stereocenters. The van der Waals surface area contributed by atoms with Crippen molar-refractivity contribution < 1.29 is 24.4 Å². The molecule has 0 heterocycles. The van der Waals surface area contributed by atoms with Gasteiger partial charge >= 0.3 is 5.97 Å². The molecule has 134 valence electrons. The number of carbonyl (C=O) groups is 1. The van der Waals surface area contributed by atoms with E-state index >= 15 is 0 Å². The molecule has 26 heavy (non-hydrogen) atoms. The summed E-state index contributed by atoms with van der Waals surface area (Å²) in [5, 5.41) is 24.5. The summed E-state index contributed by atoms with van der Waals surface area (Å²) in [5.74, 6) is -1.19. The highest BCUT2D eigenvalue weighted by Gasteiger charge is 2.20. The third kappa shape index (κ3) is 4.04. The minimum Gasteiger partial charge on any atom is -0.503 e. The summed E-state index contributed by atoms with van der Waals surface area (Å²) < 4.78 is 4.87. The predicted octanol–water partition coefficient (Wildman–Crippen LogP) is 3.07. The van der Waals surface area contributed by atoms with Crippen LogP contribution in [0.4, 0.5) is 5.69 Å². The minimum atomic E-state index is -1.19. The van der Waals surface area contributed by atoms with Gasteiger partial charge in [0.2, 0.25) is 0 Å². The van der Waals surface area contributed by atoms with Crippen molar-refractivity contribution >= 4 is 22.9 Å². The standard InChI is InChI=1S/C18H16N2O6/c1-25-11-16(18(21)22)14-8-3-4-9-15(14)17(19-26-2)12-6-5-7-13(10-12)20(23)24/h3-11H,1-2H3,(H,21,22)/b16-11+,19-17+. The van der Waals surface area contributed by atoms with Crippen LogP contribution < -0.4 is 0 Å². The Labute approximate surface area is 149 Å². The smallest absolute Gasteiger partial charge is 0.339 e. The van der Waals surface area contributed by atoms with Crippen molar-refractivity contribution in [3.05, 3.63) is 81.6 Å². The van der Waals surface area contributed by atoms with Crippen LogP contribution in [0, 0.1) is 10.1 Å². The van der Waals surface area contributed by atoms with Gasteiger partial charge in [0.1, 0.15) is 18.4 Å². The molecular formula is C18H16N2O6. The van der Waals surface area contributed by atoms with Crippen molar-refractivity contribution in [2.24, 2.45) is 5.16 Å². The van der Waals surface area contributed by atoms with E-state index in [9.17, 15) is 20.0 Å². The van der Waals surface area contributed by atoms with E-state index in [4.69, 9.17) is 9.57 Å². The molecule has 2 aromatic carbocycles. The SMILES string of the molecule is CO/C=C(/C(=O)O)c1ccccc1/C(=N/OC)c1cccc([N+](=O)[O-])c1. The Balaban J connectivity index is 2.69. The number of carboxylic acid groups (broad SMARTS) is 1. The zero-order chi connectivity index (χ0) is 19.1. The third-order valence-electron chi connectivity index (χ3n) is 3.45. The molecule has 0 atom stereocenters. The van der Waals surface area contributed by atoms with Gasteiger partial charge in [-0.25, -0.2) is 4.79 Å². The summed E-state index contributed by atoms with van der Waals surface area (Å²) >= 11 is 0. The van der Waals surface area contributed by atoms with E-state index in [1.54, 1.807) is 30.3 Å². The zero-order valence-electron chi connectivity index (χ0n) is 14.1. The van der Waals surface area contributed by atoms with Crippen LogP contribution in [-0.2, 0) is 14.4 Å². The first-order valence-electron chi connectivity index (χ1n) is 7.41. The largest absolute Gasteiger partial charge is 0.503 e. The van der Waals surface area contributed by atoms with Gasteiger partial charge in [-0.15, -0.1) is 0 Å². The van der Waals surface area contributed by atoms with Crippen LogP contribution in [0.2, 0.25) is 0 Å². The fourth-order valence-corrected chi connectivity index (χ4v) is 2.39. The van der Waals surface area contributed by atoms with Gasteiger partial charge in [0.15, 0.2) is 0 Å². The van der Waals surface area contributed by atoms with Crippen molar-refractivity contribution in [3.8, 4) is 0 Å². The molecule has 0 aliphatic carbocycles. The number of nitro benzene ring substituents is 1. The number of ether oxygens (including phenoxy) is 1. The summed E-state index contributed by atoms with van der Waals surface area (Å²) in [6.07, 6.45) is 1.11. The van der Waals surface area contributed by atoms with Gasteiger partial charge in [0, 0.05) is 28.8 Å². The van der Waals surface area contributed by atoms with E-state index < -0.39 is 10.9 Å². The van der Waals surface area contributed by atoms with Gasteiger partial charge in [0.25, 0.3) is 5.69 Å². The van der Waals surface area contributed by atoms with Crippen molar-refractivity contribution in [2.45, 2.75) is 0 Å². The number of hydrogen-bond acceptors (Lipinski definition) is 6. The summed E-state index contributed by atoms with van der Waals surface area (Å²) in [5.41, 5.74) is 1.24. The summed E-state index contributed by atoms with van der Waals surface area (Å²) in [6.45, 7) is 0. The number of hydrogen-bond donors (Lipinski definition) is 1. The molecule has 8 heteroatoms.